The van der Waals surface area contributed by atoms with Gasteiger partial charge < -0.3 is 10.2 Å². The maximum atomic E-state index is 12.8. The van der Waals surface area contributed by atoms with Crippen molar-refractivity contribution in [2.75, 3.05) is 39.3 Å². The molecule has 29 heavy (non-hydrogen) atoms. The van der Waals surface area contributed by atoms with E-state index in [1.165, 1.54) is 25.9 Å². The lowest BCUT2D eigenvalue weighted by Crippen LogP contribution is -3.13. The van der Waals surface area contributed by atoms with Gasteiger partial charge in [0.05, 0.1) is 24.5 Å². The molecule has 0 spiro atoms. The van der Waals surface area contributed by atoms with E-state index < -0.39 is 10.0 Å². The fourth-order valence-corrected chi connectivity index (χ4v) is 5.69. The predicted molar refractivity (Wildman–Crippen MR) is 115 cm³/mol. The number of carbonyl (C=O) groups is 1. The van der Waals surface area contributed by atoms with Crippen molar-refractivity contribution < 1.29 is 18.1 Å². The molecule has 2 N–H and O–H groups in total. The zero-order valence-corrected chi connectivity index (χ0v) is 18.6. The van der Waals surface area contributed by atoms with E-state index in [1.807, 2.05) is 0 Å². The zero-order valence-electron chi connectivity index (χ0n) is 17.8. The second-order valence-electron chi connectivity index (χ2n) is 8.90. The van der Waals surface area contributed by atoms with Gasteiger partial charge >= 0.3 is 0 Å². The van der Waals surface area contributed by atoms with E-state index in [9.17, 15) is 13.2 Å². The van der Waals surface area contributed by atoms with Crippen LogP contribution in [0.15, 0.2) is 29.2 Å². The maximum absolute atomic E-state index is 12.8. The Balaban J connectivity index is 1.46. The number of carbonyl (C=O) groups excluding carboxylic acids is 1. The molecule has 6 nitrogen and oxygen atoms in total. The van der Waals surface area contributed by atoms with Crippen LogP contribution in [0.25, 0.3) is 0 Å². The van der Waals surface area contributed by atoms with Gasteiger partial charge in [0, 0.05) is 31.6 Å². The Morgan fingerprint density at radius 3 is 2.24 bits per heavy atom. The highest BCUT2D eigenvalue weighted by molar-refractivity contribution is 7.89. The Morgan fingerprint density at radius 2 is 1.62 bits per heavy atom. The number of likely N-dealkylation sites (tertiary alicyclic amines) is 1. The number of sulfonamides is 1. The lowest BCUT2D eigenvalue weighted by atomic mass is 9.99. The molecule has 1 aromatic rings. The number of nitrogens with one attached hydrogen (secondary N) is 2. The third-order valence-corrected chi connectivity index (χ3v) is 8.38. The molecule has 0 aromatic heterocycles. The fourth-order valence-electron chi connectivity index (χ4n) is 4.22. The second-order valence-corrected chi connectivity index (χ2v) is 10.8. The molecule has 2 aliphatic rings. The summed E-state index contributed by atoms with van der Waals surface area (Å²) in [6.07, 6.45) is 5.37. The number of hydrogen-bond acceptors (Lipinski definition) is 3. The number of piperidine rings is 2. The minimum atomic E-state index is -3.47. The summed E-state index contributed by atoms with van der Waals surface area (Å²) in [7, 11) is -3.47. The van der Waals surface area contributed by atoms with Crippen LogP contribution in [0.4, 0.5) is 0 Å². The monoisotopic (exact) mass is 422 g/mol. The van der Waals surface area contributed by atoms with E-state index in [0.29, 0.717) is 31.1 Å². The zero-order chi connectivity index (χ0) is 20.9. The number of nitrogens with zero attached hydrogens (tertiary/aromatic N) is 1. The van der Waals surface area contributed by atoms with Crippen LogP contribution in [0.5, 0.6) is 0 Å². The molecular weight excluding hydrogens is 386 g/mol. The number of hydrogen-bond donors (Lipinski definition) is 2. The van der Waals surface area contributed by atoms with Crippen LogP contribution in [0.2, 0.25) is 0 Å². The van der Waals surface area contributed by atoms with Gasteiger partial charge in [0.15, 0.2) is 0 Å². The molecule has 2 saturated heterocycles. The lowest BCUT2D eigenvalue weighted by molar-refractivity contribution is -0.906. The highest BCUT2D eigenvalue weighted by Crippen LogP contribution is 2.23. The van der Waals surface area contributed by atoms with Crippen LogP contribution in [-0.2, 0) is 10.0 Å². The van der Waals surface area contributed by atoms with Crippen molar-refractivity contribution >= 4 is 15.9 Å². The number of rotatable bonds is 7. The van der Waals surface area contributed by atoms with Gasteiger partial charge in [-0.25, -0.2) is 8.42 Å². The molecular formula is C22H36N3O3S+. The average Bonchev–Trinajstić information content (AvgIpc) is 2.73. The first kappa shape index (κ1) is 22.2. The summed E-state index contributed by atoms with van der Waals surface area (Å²) in [4.78, 5) is 14.3. The van der Waals surface area contributed by atoms with E-state index in [2.05, 4.69) is 19.2 Å². The third kappa shape index (κ3) is 6.03. The van der Waals surface area contributed by atoms with E-state index >= 15 is 0 Å². The van der Waals surface area contributed by atoms with Crippen LogP contribution >= 0.6 is 0 Å². The van der Waals surface area contributed by atoms with Gasteiger partial charge in [-0.2, -0.15) is 4.31 Å². The molecule has 162 valence electrons. The Morgan fingerprint density at radius 1 is 1.03 bits per heavy atom. The van der Waals surface area contributed by atoms with E-state index in [4.69, 9.17) is 0 Å². The van der Waals surface area contributed by atoms with Crippen molar-refractivity contribution in [1.82, 2.24) is 9.62 Å². The van der Waals surface area contributed by atoms with Crippen molar-refractivity contribution in [3.63, 3.8) is 0 Å². The van der Waals surface area contributed by atoms with E-state index in [-0.39, 0.29) is 10.8 Å². The molecule has 0 saturated carbocycles. The summed E-state index contributed by atoms with van der Waals surface area (Å²) < 4.78 is 27.1. The summed E-state index contributed by atoms with van der Waals surface area (Å²) in [5.41, 5.74) is 0.510. The van der Waals surface area contributed by atoms with Crippen molar-refractivity contribution in [3.8, 4) is 0 Å². The molecule has 7 heteroatoms. The van der Waals surface area contributed by atoms with Gasteiger partial charge in [-0.05, 0) is 61.8 Å². The standard InChI is InChI=1S/C22H35N3O3S/c1-18-8-14-24(15-9-18)13-3-12-23-22(26)20-4-6-21(7-5-20)29(27,28)25-16-10-19(2)11-17-25/h4-7,18-19H,3,8-17H2,1-2H3,(H,23,26)/p+1. The second kappa shape index (κ2) is 10.0. The molecule has 0 aliphatic carbocycles. The summed E-state index contributed by atoms with van der Waals surface area (Å²) >= 11 is 0. The number of quaternary nitrogens is 1. The lowest BCUT2D eigenvalue weighted by Gasteiger charge is -2.29. The molecule has 1 amide bonds. The quantitative estimate of drug-likeness (QED) is 0.655. The summed E-state index contributed by atoms with van der Waals surface area (Å²) in [5.74, 6) is 1.29. The number of amides is 1. The molecule has 0 radical (unpaired) electrons. The van der Waals surface area contributed by atoms with Gasteiger partial charge in [-0.15, -0.1) is 0 Å². The van der Waals surface area contributed by atoms with Gasteiger partial charge in [-0.3, -0.25) is 4.79 Å². The summed E-state index contributed by atoms with van der Waals surface area (Å²) in [5, 5.41) is 2.96. The Labute approximate surface area is 175 Å². The van der Waals surface area contributed by atoms with Gasteiger partial charge in [-0.1, -0.05) is 13.8 Å². The average molecular weight is 423 g/mol. The summed E-state index contributed by atoms with van der Waals surface area (Å²) in [6.45, 7) is 9.85. The minimum Gasteiger partial charge on any atom is -0.352 e. The molecule has 0 atom stereocenters. The SMILES string of the molecule is CC1CCN(S(=O)(=O)c2ccc(C(=O)NCCC[NH+]3CCC(C)CC3)cc2)CC1. The number of benzene rings is 1. The van der Waals surface area contributed by atoms with Gasteiger partial charge in [0.1, 0.15) is 0 Å². The van der Waals surface area contributed by atoms with E-state index in [1.54, 1.807) is 33.5 Å². The van der Waals surface area contributed by atoms with Crippen molar-refractivity contribution in [1.29, 1.82) is 0 Å². The van der Waals surface area contributed by atoms with Crippen LogP contribution in [0.1, 0.15) is 56.3 Å². The first-order chi connectivity index (χ1) is 13.9. The van der Waals surface area contributed by atoms with Crippen LogP contribution in [0, 0.1) is 11.8 Å². The minimum absolute atomic E-state index is 0.136. The molecule has 2 aliphatic heterocycles. The fraction of sp³-hybridized carbons (Fsp3) is 0.682. The molecule has 3 rings (SSSR count). The van der Waals surface area contributed by atoms with Crippen molar-refractivity contribution in [3.05, 3.63) is 29.8 Å². The topological polar surface area (TPSA) is 70.9 Å². The summed E-state index contributed by atoms with van der Waals surface area (Å²) in [6, 6.07) is 6.35. The normalized spacial score (nSPS) is 24.3. The van der Waals surface area contributed by atoms with Crippen LogP contribution in [-0.4, -0.2) is 57.9 Å². The smallest absolute Gasteiger partial charge is 0.251 e. The predicted octanol–water partition coefficient (Wildman–Crippen LogP) is 1.54. The molecule has 2 heterocycles. The Kier molecular flexibility index (Phi) is 7.71. The Hall–Kier alpha value is -1.44. The van der Waals surface area contributed by atoms with Crippen molar-refractivity contribution in [2.24, 2.45) is 11.8 Å². The molecule has 2 fully saturated rings. The largest absolute Gasteiger partial charge is 0.352 e. The highest BCUT2D eigenvalue weighted by atomic mass is 32.2. The Bertz CT molecular complexity index is 763. The molecule has 1 aromatic carbocycles. The van der Waals surface area contributed by atoms with Gasteiger partial charge in [0.2, 0.25) is 10.0 Å². The van der Waals surface area contributed by atoms with Gasteiger partial charge in [0.25, 0.3) is 5.91 Å². The van der Waals surface area contributed by atoms with Crippen LogP contribution in [0.3, 0.4) is 0 Å². The first-order valence-electron chi connectivity index (χ1n) is 11.1. The maximum Gasteiger partial charge on any atom is 0.251 e. The highest BCUT2D eigenvalue weighted by Gasteiger charge is 2.28. The molecule has 0 bridgehead atoms. The van der Waals surface area contributed by atoms with Crippen molar-refractivity contribution in [2.45, 2.75) is 50.8 Å². The van der Waals surface area contributed by atoms with Crippen LogP contribution < -0.4 is 10.2 Å². The molecule has 0 unspecified atom stereocenters. The van der Waals surface area contributed by atoms with E-state index in [0.717, 1.165) is 31.7 Å². The third-order valence-electron chi connectivity index (χ3n) is 6.47. The first-order valence-corrected chi connectivity index (χ1v) is 12.5.